The molecule has 1 aromatic heterocycles. The molecule has 0 aliphatic heterocycles. The molecule has 0 spiro atoms. The van der Waals surface area contributed by atoms with E-state index < -0.39 is 0 Å². The Morgan fingerprint density at radius 2 is 2.06 bits per heavy atom. The van der Waals surface area contributed by atoms with Gasteiger partial charge in [-0.3, -0.25) is 9.97 Å². The third-order valence-electron chi connectivity index (χ3n) is 3.82. The van der Waals surface area contributed by atoms with Crippen molar-refractivity contribution < 1.29 is 0 Å². The van der Waals surface area contributed by atoms with Crippen molar-refractivity contribution in [3.63, 3.8) is 0 Å². The van der Waals surface area contributed by atoms with Gasteiger partial charge in [0.25, 0.3) is 0 Å². The Bertz CT molecular complexity index is 358. The van der Waals surface area contributed by atoms with Crippen LogP contribution in [0, 0.1) is 12.3 Å². The molecule has 0 aromatic carbocycles. The molecule has 1 aliphatic carbocycles. The highest BCUT2D eigenvalue weighted by Crippen LogP contribution is 2.48. The van der Waals surface area contributed by atoms with Crippen LogP contribution >= 0.6 is 0 Å². The summed E-state index contributed by atoms with van der Waals surface area (Å²) in [4.78, 5) is 8.68. The minimum Gasteiger partial charge on any atom is -0.308 e. The number of aromatic nitrogens is 2. The van der Waals surface area contributed by atoms with Crippen LogP contribution in [0.2, 0.25) is 0 Å². The van der Waals surface area contributed by atoms with Gasteiger partial charge in [-0.2, -0.15) is 0 Å². The molecule has 0 bridgehead atoms. The topological polar surface area (TPSA) is 37.8 Å². The number of nitrogens with one attached hydrogen (secondary N) is 1. The average Bonchev–Trinajstić information content (AvgIpc) is 3.07. The Morgan fingerprint density at radius 1 is 1.38 bits per heavy atom. The third kappa shape index (κ3) is 2.40. The molecule has 1 N–H and O–H groups in total. The molecular formula is C13H21N3. The van der Waals surface area contributed by atoms with E-state index >= 15 is 0 Å². The number of hydrogen-bond donors (Lipinski definition) is 1. The predicted octanol–water partition coefficient (Wildman–Crippen LogP) is 2.63. The molecule has 1 aromatic rings. The maximum atomic E-state index is 4.40. The molecule has 16 heavy (non-hydrogen) atoms. The van der Waals surface area contributed by atoms with Crippen molar-refractivity contribution in [1.82, 2.24) is 15.3 Å². The first-order valence-electron chi connectivity index (χ1n) is 6.18. The highest BCUT2D eigenvalue weighted by molar-refractivity contribution is 5.12. The Morgan fingerprint density at radius 3 is 2.62 bits per heavy atom. The molecule has 0 saturated heterocycles. The van der Waals surface area contributed by atoms with Gasteiger partial charge in [0, 0.05) is 25.0 Å². The number of rotatable bonds is 5. The molecule has 0 amide bonds. The monoisotopic (exact) mass is 219 g/mol. The number of aryl methyl sites for hydroxylation is 1. The molecule has 1 atom stereocenters. The minimum atomic E-state index is 0.303. The SMILES string of the molecule is CCC1(CNC(C)c2nccnc2C)CC1. The smallest absolute Gasteiger partial charge is 0.0782 e. The Hall–Kier alpha value is -0.960. The molecule has 1 saturated carbocycles. The maximum absolute atomic E-state index is 4.40. The molecule has 1 aliphatic rings. The summed E-state index contributed by atoms with van der Waals surface area (Å²) >= 11 is 0. The number of nitrogens with zero attached hydrogens (tertiary/aromatic N) is 2. The first-order valence-corrected chi connectivity index (χ1v) is 6.18. The molecule has 1 unspecified atom stereocenters. The van der Waals surface area contributed by atoms with Gasteiger partial charge in [0.1, 0.15) is 0 Å². The van der Waals surface area contributed by atoms with Crippen LogP contribution in [0.4, 0.5) is 0 Å². The Kier molecular flexibility index (Phi) is 3.24. The first kappa shape index (κ1) is 11.5. The van der Waals surface area contributed by atoms with E-state index in [1.54, 1.807) is 12.4 Å². The van der Waals surface area contributed by atoms with E-state index in [2.05, 4.69) is 29.1 Å². The molecular weight excluding hydrogens is 198 g/mol. The lowest BCUT2D eigenvalue weighted by molar-refractivity contribution is 0.410. The maximum Gasteiger partial charge on any atom is 0.0782 e. The van der Waals surface area contributed by atoms with E-state index in [1.165, 1.54) is 19.3 Å². The molecule has 88 valence electrons. The Labute approximate surface area is 97.7 Å². The third-order valence-corrected chi connectivity index (χ3v) is 3.82. The van der Waals surface area contributed by atoms with Crippen molar-refractivity contribution in [2.24, 2.45) is 5.41 Å². The normalized spacial score (nSPS) is 19.4. The summed E-state index contributed by atoms with van der Waals surface area (Å²) in [6.07, 6.45) is 7.56. The van der Waals surface area contributed by atoms with E-state index in [-0.39, 0.29) is 0 Å². The zero-order valence-corrected chi connectivity index (χ0v) is 10.5. The van der Waals surface area contributed by atoms with E-state index in [0.717, 1.165) is 17.9 Å². The van der Waals surface area contributed by atoms with Crippen molar-refractivity contribution in [3.05, 3.63) is 23.8 Å². The molecule has 0 radical (unpaired) electrons. The van der Waals surface area contributed by atoms with Crippen molar-refractivity contribution in [3.8, 4) is 0 Å². The summed E-state index contributed by atoms with van der Waals surface area (Å²) in [5.41, 5.74) is 2.70. The van der Waals surface area contributed by atoms with Gasteiger partial charge in [-0.25, -0.2) is 0 Å². The minimum absolute atomic E-state index is 0.303. The van der Waals surface area contributed by atoms with Crippen LogP contribution in [0.3, 0.4) is 0 Å². The van der Waals surface area contributed by atoms with E-state index in [9.17, 15) is 0 Å². The zero-order chi connectivity index (χ0) is 11.6. The lowest BCUT2D eigenvalue weighted by Gasteiger charge is -2.19. The summed E-state index contributed by atoms with van der Waals surface area (Å²) in [6, 6.07) is 0.303. The second-order valence-corrected chi connectivity index (χ2v) is 4.98. The fraction of sp³-hybridized carbons (Fsp3) is 0.692. The second kappa shape index (κ2) is 4.50. The van der Waals surface area contributed by atoms with Crippen LogP contribution in [0.15, 0.2) is 12.4 Å². The summed E-state index contributed by atoms with van der Waals surface area (Å²) in [7, 11) is 0. The van der Waals surface area contributed by atoms with E-state index in [4.69, 9.17) is 0 Å². The summed E-state index contributed by atoms with van der Waals surface area (Å²) < 4.78 is 0. The highest BCUT2D eigenvalue weighted by atomic mass is 15.0. The molecule has 2 rings (SSSR count). The molecule has 3 heteroatoms. The quantitative estimate of drug-likeness (QED) is 0.827. The zero-order valence-electron chi connectivity index (χ0n) is 10.5. The summed E-state index contributed by atoms with van der Waals surface area (Å²) in [5, 5.41) is 3.59. The molecule has 3 nitrogen and oxygen atoms in total. The fourth-order valence-electron chi connectivity index (χ4n) is 2.14. The van der Waals surface area contributed by atoms with Crippen LogP contribution in [-0.2, 0) is 0 Å². The largest absolute Gasteiger partial charge is 0.308 e. The van der Waals surface area contributed by atoms with E-state index in [1.807, 2.05) is 6.92 Å². The molecule has 1 heterocycles. The van der Waals surface area contributed by atoms with Crippen molar-refractivity contribution in [1.29, 1.82) is 0 Å². The van der Waals surface area contributed by atoms with E-state index in [0.29, 0.717) is 11.5 Å². The molecule has 1 fully saturated rings. The predicted molar refractivity (Wildman–Crippen MR) is 65.1 cm³/mol. The lowest BCUT2D eigenvalue weighted by atomic mass is 10.0. The van der Waals surface area contributed by atoms with Gasteiger partial charge in [-0.1, -0.05) is 6.92 Å². The lowest BCUT2D eigenvalue weighted by Crippen LogP contribution is -2.27. The van der Waals surface area contributed by atoms with Gasteiger partial charge in [-0.05, 0) is 38.5 Å². The van der Waals surface area contributed by atoms with Gasteiger partial charge < -0.3 is 5.32 Å². The second-order valence-electron chi connectivity index (χ2n) is 4.98. The van der Waals surface area contributed by atoms with Crippen molar-refractivity contribution >= 4 is 0 Å². The van der Waals surface area contributed by atoms with Gasteiger partial charge in [0.15, 0.2) is 0 Å². The number of hydrogen-bond acceptors (Lipinski definition) is 3. The van der Waals surface area contributed by atoms with Crippen LogP contribution in [0.5, 0.6) is 0 Å². The van der Waals surface area contributed by atoms with Gasteiger partial charge in [0.05, 0.1) is 11.4 Å². The first-order chi connectivity index (χ1) is 7.67. The Balaban J connectivity index is 1.93. The van der Waals surface area contributed by atoms with Crippen LogP contribution < -0.4 is 5.32 Å². The van der Waals surface area contributed by atoms with Crippen LogP contribution in [0.25, 0.3) is 0 Å². The van der Waals surface area contributed by atoms with Crippen LogP contribution in [0.1, 0.15) is 50.5 Å². The summed E-state index contributed by atoms with van der Waals surface area (Å²) in [6.45, 7) is 7.59. The average molecular weight is 219 g/mol. The fourth-order valence-corrected chi connectivity index (χ4v) is 2.14. The van der Waals surface area contributed by atoms with Gasteiger partial charge >= 0.3 is 0 Å². The van der Waals surface area contributed by atoms with Crippen LogP contribution in [-0.4, -0.2) is 16.5 Å². The van der Waals surface area contributed by atoms with Crippen molar-refractivity contribution in [2.75, 3.05) is 6.54 Å². The van der Waals surface area contributed by atoms with Crippen molar-refractivity contribution in [2.45, 2.75) is 46.1 Å². The highest BCUT2D eigenvalue weighted by Gasteiger charge is 2.40. The van der Waals surface area contributed by atoms with Gasteiger partial charge in [-0.15, -0.1) is 0 Å². The van der Waals surface area contributed by atoms with Gasteiger partial charge in [0.2, 0.25) is 0 Å². The summed E-state index contributed by atoms with van der Waals surface area (Å²) in [5.74, 6) is 0. The standard InChI is InChI=1S/C13H21N3/c1-4-13(5-6-13)9-16-11(3)12-10(2)14-7-8-15-12/h7-8,11,16H,4-6,9H2,1-3H3.